The van der Waals surface area contributed by atoms with Crippen molar-refractivity contribution in [3.63, 3.8) is 0 Å². The molecule has 5 nitrogen and oxygen atoms in total. The van der Waals surface area contributed by atoms with Gasteiger partial charge >= 0.3 is 0 Å². The average Bonchev–Trinajstić information content (AvgIpc) is 2.64. The van der Waals surface area contributed by atoms with Crippen molar-refractivity contribution in [3.8, 4) is 0 Å². The number of aliphatic hydroxyl groups excluding tert-OH is 1. The van der Waals surface area contributed by atoms with E-state index in [0.29, 0.717) is 19.8 Å². The van der Waals surface area contributed by atoms with Crippen molar-refractivity contribution in [1.82, 2.24) is 0 Å². The normalized spacial score (nSPS) is 16.4. The first-order valence-corrected chi connectivity index (χ1v) is 10.6. The lowest BCUT2D eigenvalue weighted by Crippen LogP contribution is -2.28. The Hall–Kier alpha value is -0.200. The van der Waals surface area contributed by atoms with Gasteiger partial charge in [-0.1, -0.05) is 45.4 Å². The van der Waals surface area contributed by atoms with Gasteiger partial charge in [0.15, 0.2) is 0 Å². The molecule has 26 heavy (non-hydrogen) atoms. The monoisotopic (exact) mass is 376 g/mol. The van der Waals surface area contributed by atoms with Crippen molar-refractivity contribution < 1.29 is 24.1 Å². The fourth-order valence-corrected chi connectivity index (χ4v) is 2.44. The smallest absolute Gasteiger partial charge is 0.0781 e. The third-order valence-corrected chi connectivity index (χ3v) is 4.25. The highest BCUT2D eigenvalue weighted by atomic mass is 16.6. The summed E-state index contributed by atoms with van der Waals surface area (Å²) in [5.41, 5.74) is 0. The quantitative estimate of drug-likeness (QED) is 0.340. The molecule has 0 heterocycles. The van der Waals surface area contributed by atoms with E-state index in [1.807, 2.05) is 20.8 Å². The largest absolute Gasteiger partial charge is 0.394 e. The van der Waals surface area contributed by atoms with Gasteiger partial charge in [-0.2, -0.15) is 0 Å². The Labute approximate surface area is 161 Å². The zero-order valence-corrected chi connectivity index (χ0v) is 17.9. The first kappa shape index (κ1) is 25.8. The molecule has 0 aromatic carbocycles. The molecular formula is C21H44O5. The molecule has 0 saturated carbocycles. The summed E-state index contributed by atoms with van der Waals surface area (Å²) >= 11 is 0. The average molecular weight is 377 g/mol. The summed E-state index contributed by atoms with van der Waals surface area (Å²) < 4.78 is 22.8. The molecule has 0 aromatic rings. The highest BCUT2D eigenvalue weighted by molar-refractivity contribution is 4.56. The van der Waals surface area contributed by atoms with Crippen LogP contribution in [0.5, 0.6) is 0 Å². The summed E-state index contributed by atoms with van der Waals surface area (Å²) in [6, 6.07) is 0. The number of aliphatic hydroxyl groups is 1. The third kappa shape index (κ3) is 17.2. The van der Waals surface area contributed by atoms with Crippen LogP contribution in [0.2, 0.25) is 0 Å². The van der Waals surface area contributed by atoms with Crippen LogP contribution < -0.4 is 0 Å². The van der Waals surface area contributed by atoms with E-state index >= 15 is 0 Å². The molecule has 5 heteroatoms. The molecule has 0 aromatic heterocycles. The Balaban J connectivity index is 3.50. The maximum Gasteiger partial charge on any atom is 0.0781 e. The maximum atomic E-state index is 8.93. The van der Waals surface area contributed by atoms with Gasteiger partial charge in [-0.25, -0.2) is 0 Å². The third-order valence-electron chi connectivity index (χ3n) is 4.25. The van der Waals surface area contributed by atoms with Crippen molar-refractivity contribution in [2.24, 2.45) is 0 Å². The summed E-state index contributed by atoms with van der Waals surface area (Å²) in [6.07, 6.45) is 9.09. The second kappa shape index (κ2) is 18.2. The first-order valence-electron chi connectivity index (χ1n) is 10.6. The van der Waals surface area contributed by atoms with E-state index < -0.39 is 0 Å². The van der Waals surface area contributed by atoms with Gasteiger partial charge in [0, 0.05) is 6.61 Å². The molecule has 0 aliphatic heterocycles. The Bertz CT molecular complexity index is 288. The van der Waals surface area contributed by atoms with Crippen LogP contribution in [-0.4, -0.2) is 62.6 Å². The molecule has 0 spiro atoms. The minimum absolute atomic E-state index is 0.0129. The van der Waals surface area contributed by atoms with Crippen molar-refractivity contribution >= 4 is 0 Å². The maximum absolute atomic E-state index is 8.93. The van der Waals surface area contributed by atoms with Crippen LogP contribution in [0.3, 0.4) is 0 Å². The van der Waals surface area contributed by atoms with Crippen LogP contribution in [0.4, 0.5) is 0 Å². The van der Waals surface area contributed by atoms with E-state index in [0.717, 1.165) is 13.0 Å². The lowest BCUT2D eigenvalue weighted by atomic mass is 10.1. The van der Waals surface area contributed by atoms with E-state index in [-0.39, 0.29) is 31.0 Å². The SMILES string of the molecule is CCCCCCCCCOC(C)COC(C)COC(C)COC(C)CO. The van der Waals surface area contributed by atoms with Gasteiger partial charge in [-0.15, -0.1) is 0 Å². The molecule has 0 amide bonds. The number of rotatable bonds is 19. The van der Waals surface area contributed by atoms with Gasteiger partial charge in [0.1, 0.15) is 0 Å². The lowest BCUT2D eigenvalue weighted by Gasteiger charge is -2.21. The Morgan fingerprint density at radius 2 is 1.00 bits per heavy atom. The van der Waals surface area contributed by atoms with Gasteiger partial charge in [0.25, 0.3) is 0 Å². The van der Waals surface area contributed by atoms with Crippen LogP contribution in [0.25, 0.3) is 0 Å². The summed E-state index contributed by atoms with van der Waals surface area (Å²) in [7, 11) is 0. The van der Waals surface area contributed by atoms with Gasteiger partial charge in [0.2, 0.25) is 0 Å². The first-order chi connectivity index (χ1) is 12.5. The highest BCUT2D eigenvalue weighted by Crippen LogP contribution is 2.08. The molecule has 0 saturated heterocycles. The molecule has 1 N–H and O–H groups in total. The summed E-state index contributed by atoms with van der Waals surface area (Å²) in [5.74, 6) is 0. The Kier molecular flexibility index (Phi) is 18.0. The topological polar surface area (TPSA) is 57.2 Å². The van der Waals surface area contributed by atoms with Crippen LogP contribution in [0.1, 0.15) is 79.6 Å². The highest BCUT2D eigenvalue weighted by Gasteiger charge is 2.11. The minimum atomic E-state index is -0.149. The number of hydrogen-bond acceptors (Lipinski definition) is 5. The zero-order chi connectivity index (χ0) is 19.6. The lowest BCUT2D eigenvalue weighted by molar-refractivity contribution is -0.0891. The number of ether oxygens (including phenoxy) is 4. The van der Waals surface area contributed by atoms with Crippen LogP contribution in [0.15, 0.2) is 0 Å². The molecule has 0 bridgehead atoms. The van der Waals surface area contributed by atoms with Crippen molar-refractivity contribution in [2.75, 3.05) is 33.0 Å². The fourth-order valence-electron chi connectivity index (χ4n) is 2.44. The van der Waals surface area contributed by atoms with Gasteiger partial charge in [-0.05, 0) is 34.1 Å². The van der Waals surface area contributed by atoms with Gasteiger partial charge < -0.3 is 24.1 Å². The van der Waals surface area contributed by atoms with Crippen molar-refractivity contribution in [2.45, 2.75) is 104 Å². The number of unbranched alkanes of at least 4 members (excludes halogenated alkanes) is 6. The molecule has 0 rings (SSSR count). The van der Waals surface area contributed by atoms with E-state index in [1.54, 1.807) is 0 Å². The molecule has 0 aliphatic rings. The molecular weight excluding hydrogens is 332 g/mol. The predicted octanol–water partition coefficient (Wildman–Crippen LogP) is 4.35. The summed E-state index contributed by atoms with van der Waals surface area (Å²) in [4.78, 5) is 0. The van der Waals surface area contributed by atoms with E-state index in [1.165, 1.54) is 38.5 Å². The second-order valence-electron chi connectivity index (χ2n) is 7.42. The molecule has 158 valence electrons. The predicted molar refractivity (Wildman–Crippen MR) is 107 cm³/mol. The van der Waals surface area contributed by atoms with E-state index in [9.17, 15) is 0 Å². The Morgan fingerprint density at radius 1 is 0.577 bits per heavy atom. The second-order valence-corrected chi connectivity index (χ2v) is 7.42. The van der Waals surface area contributed by atoms with Crippen molar-refractivity contribution in [1.29, 1.82) is 0 Å². The molecule has 0 radical (unpaired) electrons. The van der Waals surface area contributed by atoms with E-state index in [2.05, 4.69) is 13.8 Å². The molecule has 0 aliphatic carbocycles. The van der Waals surface area contributed by atoms with Gasteiger partial charge in [0.05, 0.1) is 50.8 Å². The minimum Gasteiger partial charge on any atom is -0.394 e. The Morgan fingerprint density at radius 3 is 1.50 bits per heavy atom. The molecule has 4 unspecified atom stereocenters. The summed E-state index contributed by atoms with van der Waals surface area (Å²) in [6.45, 7) is 12.6. The molecule has 4 atom stereocenters. The van der Waals surface area contributed by atoms with Crippen LogP contribution in [0, 0.1) is 0 Å². The van der Waals surface area contributed by atoms with Crippen LogP contribution >= 0.6 is 0 Å². The van der Waals surface area contributed by atoms with Crippen LogP contribution in [-0.2, 0) is 18.9 Å². The summed E-state index contributed by atoms with van der Waals surface area (Å²) in [5, 5.41) is 8.93. The fraction of sp³-hybridized carbons (Fsp3) is 1.00. The van der Waals surface area contributed by atoms with Crippen molar-refractivity contribution in [3.05, 3.63) is 0 Å². The molecule has 0 fully saturated rings. The van der Waals surface area contributed by atoms with E-state index in [4.69, 9.17) is 24.1 Å². The number of hydrogen-bond donors (Lipinski definition) is 1. The zero-order valence-electron chi connectivity index (χ0n) is 17.9. The standard InChI is InChI=1S/C21H44O5/c1-6-7-8-9-10-11-12-13-23-19(3)15-25-21(5)17-26-20(4)16-24-18(2)14-22/h18-22H,6-17H2,1-5H3. The van der Waals surface area contributed by atoms with Gasteiger partial charge in [-0.3, -0.25) is 0 Å².